The third kappa shape index (κ3) is 2.33. The molecule has 2 rings (SSSR count). The van der Waals surface area contributed by atoms with E-state index in [2.05, 4.69) is 0 Å². The van der Waals surface area contributed by atoms with Crippen LogP contribution in [-0.2, 0) is 0 Å². The minimum Gasteiger partial charge on any atom is -0.336 e. The van der Waals surface area contributed by atoms with Crippen molar-refractivity contribution in [2.24, 2.45) is 0 Å². The number of rotatable bonds is 1. The first-order chi connectivity index (χ1) is 7.27. The lowest BCUT2D eigenvalue weighted by Crippen LogP contribution is -2.45. The van der Waals surface area contributed by atoms with Gasteiger partial charge in [-0.3, -0.25) is 4.79 Å². The van der Waals surface area contributed by atoms with E-state index >= 15 is 0 Å². The van der Waals surface area contributed by atoms with E-state index in [4.69, 9.17) is 0 Å². The van der Waals surface area contributed by atoms with Crippen molar-refractivity contribution in [1.82, 2.24) is 10.0 Å². The van der Waals surface area contributed by atoms with Gasteiger partial charge in [-0.1, -0.05) is 18.2 Å². The zero-order valence-electron chi connectivity index (χ0n) is 8.40. The molecule has 0 spiro atoms. The van der Waals surface area contributed by atoms with Gasteiger partial charge < -0.3 is 4.90 Å². The van der Waals surface area contributed by atoms with Gasteiger partial charge in [0.05, 0.1) is 0 Å². The van der Waals surface area contributed by atoms with Crippen LogP contribution in [0.25, 0.3) is 0 Å². The average Bonchev–Trinajstić information content (AvgIpc) is 2.30. The minimum atomic E-state index is -0.0105. The van der Waals surface area contributed by atoms with E-state index < -0.39 is 0 Å². The molecule has 0 radical (unpaired) electrons. The first-order valence-corrected chi connectivity index (χ1v) is 5.02. The van der Waals surface area contributed by atoms with Crippen LogP contribution in [0, 0.1) is 0 Å². The normalized spacial score (nSPS) is 17.8. The van der Waals surface area contributed by atoms with E-state index in [1.54, 1.807) is 17.0 Å². The molecule has 0 atom stereocenters. The van der Waals surface area contributed by atoms with Crippen molar-refractivity contribution in [2.45, 2.75) is 0 Å². The third-order valence-electron chi connectivity index (χ3n) is 2.53. The van der Waals surface area contributed by atoms with Gasteiger partial charge in [-0.2, -0.15) is 0 Å². The Morgan fingerprint density at radius 3 is 2.27 bits per heavy atom. The fourth-order valence-electron chi connectivity index (χ4n) is 1.65. The molecule has 4 heteroatoms. The number of nitrogens with zero attached hydrogens (tertiary/aromatic N) is 2. The summed E-state index contributed by atoms with van der Waals surface area (Å²) in [6.45, 7) is 1.53. The summed E-state index contributed by atoms with van der Waals surface area (Å²) in [5.74, 6) is -0.0105. The highest BCUT2D eigenvalue weighted by molar-refractivity contribution is 5.94. The summed E-state index contributed by atoms with van der Waals surface area (Å²) >= 11 is 0. The Morgan fingerprint density at radius 1 is 1.07 bits per heavy atom. The van der Waals surface area contributed by atoms with E-state index in [0.717, 1.165) is 5.12 Å². The van der Waals surface area contributed by atoms with Crippen molar-refractivity contribution in [3.05, 3.63) is 35.9 Å². The molecule has 1 amide bonds. The predicted octanol–water partition coefficient (Wildman–Crippen LogP) is 1.33. The van der Waals surface area contributed by atoms with Gasteiger partial charge in [-0.15, -0.1) is 9.60 Å². The number of hydrogen-bond donors (Lipinski definition) is 0. The van der Waals surface area contributed by atoms with Crippen molar-refractivity contribution in [2.75, 3.05) is 26.2 Å². The first kappa shape index (κ1) is 10.1. The number of halogens is 1. The van der Waals surface area contributed by atoms with E-state index in [-0.39, 0.29) is 5.91 Å². The maximum absolute atomic E-state index is 12.7. The molecule has 15 heavy (non-hydrogen) atoms. The lowest BCUT2D eigenvalue weighted by molar-refractivity contribution is -0.0169. The summed E-state index contributed by atoms with van der Waals surface area (Å²) in [5, 5.41) is 0.745. The summed E-state index contributed by atoms with van der Waals surface area (Å²) in [7, 11) is 0. The van der Waals surface area contributed by atoms with Gasteiger partial charge in [-0.25, -0.2) is 0 Å². The van der Waals surface area contributed by atoms with Gasteiger partial charge in [0.15, 0.2) is 0 Å². The van der Waals surface area contributed by atoms with Crippen LogP contribution in [-0.4, -0.2) is 42.1 Å². The predicted molar refractivity (Wildman–Crippen MR) is 55.0 cm³/mol. The monoisotopic (exact) mass is 208 g/mol. The van der Waals surface area contributed by atoms with Gasteiger partial charge >= 0.3 is 0 Å². The summed E-state index contributed by atoms with van der Waals surface area (Å²) in [5.41, 5.74) is 0.671. The highest BCUT2D eigenvalue weighted by Crippen LogP contribution is 2.08. The van der Waals surface area contributed by atoms with Crippen molar-refractivity contribution < 1.29 is 9.28 Å². The van der Waals surface area contributed by atoms with E-state index in [1.807, 2.05) is 18.2 Å². The van der Waals surface area contributed by atoms with Crippen LogP contribution in [0.2, 0.25) is 0 Å². The van der Waals surface area contributed by atoms with Crippen molar-refractivity contribution >= 4 is 5.91 Å². The van der Waals surface area contributed by atoms with Crippen LogP contribution < -0.4 is 0 Å². The molecule has 0 unspecified atom stereocenters. The molecule has 0 saturated carbocycles. The Balaban J connectivity index is 2.03. The van der Waals surface area contributed by atoms with Gasteiger partial charge in [-0.05, 0) is 12.1 Å². The van der Waals surface area contributed by atoms with Gasteiger partial charge in [0.1, 0.15) is 0 Å². The molecule has 0 aliphatic carbocycles. The Labute approximate surface area is 88.0 Å². The third-order valence-corrected chi connectivity index (χ3v) is 2.53. The van der Waals surface area contributed by atoms with Crippen molar-refractivity contribution in [3.8, 4) is 0 Å². The lowest BCUT2D eigenvalue weighted by atomic mass is 10.2. The fourth-order valence-corrected chi connectivity index (χ4v) is 1.65. The number of piperazine rings is 1. The minimum absolute atomic E-state index is 0.0105. The Morgan fingerprint density at radius 2 is 1.67 bits per heavy atom. The number of hydrogen-bond acceptors (Lipinski definition) is 2. The zero-order valence-corrected chi connectivity index (χ0v) is 8.40. The molecule has 1 heterocycles. The second-order valence-corrected chi connectivity index (χ2v) is 3.57. The van der Waals surface area contributed by atoms with Gasteiger partial charge in [0.2, 0.25) is 0 Å². The van der Waals surface area contributed by atoms with Crippen LogP contribution >= 0.6 is 0 Å². The fraction of sp³-hybridized carbons (Fsp3) is 0.364. The van der Waals surface area contributed by atoms with Crippen LogP contribution in [0.3, 0.4) is 0 Å². The Kier molecular flexibility index (Phi) is 2.97. The standard InChI is InChI=1S/C11H13FN2O/c12-14-8-6-13(7-9-14)11(15)10-4-2-1-3-5-10/h1-5H,6-9H2. The number of benzene rings is 1. The quantitative estimate of drug-likeness (QED) is 0.650. The molecular weight excluding hydrogens is 195 g/mol. The molecule has 0 N–H and O–H groups in total. The topological polar surface area (TPSA) is 23.6 Å². The second-order valence-electron chi connectivity index (χ2n) is 3.57. The zero-order chi connectivity index (χ0) is 10.7. The molecule has 1 aliphatic rings. The summed E-state index contributed by atoms with van der Waals surface area (Å²) in [6.07, 6.45) is 0. The molecule has 80 valence electrons. The average molecular weight is 208 g/mol. The Hall–Kier alpha value is -1.42. The van der Waals surface area contributed by atoms with Gasteiger partial charge in [0, 0.05) is 31.7 Å². The maximum Gasteiger partial charge on any atom is 0.253 e. The van der Waals surface area contributed by atoms with E-state index in [0.29, 0.717) is 31.7 Å². The number of amides is 1. The largest absolute Gasteiger partial charge is 0.336 e. The Bertz CT molecular complexity index is 334. The highest BCUT2D eigenvalue weighted by Gasteiger charge is 2.21. The highest BCUT2D eigenvalue weighted by atomic mass is 19.2. The summed E-state index contributed by atoms with van der Waals surface area (Å²) < 4.78 is 12.7. The molecule has 1 aromatic rings. The van der Waals surface area contributed by atoms with Gasteiger partial charge in [0.25, 0.3) is 5.91 Å². The maximum atomic E-state index is 12.7. The lowest BCUT2D eigenvalue weighted by Gasteiger charge is -2.29. The number of carbonyl (C=O) groups is 1. The number of carbonyl (C=O) groups excluding carboxylic acids is 1. The smallest absolute Gasteiger partial charge is 0.253 e. The van der Waals surface area contributed by atoms with Crippen LogP contribution in [0.4, 0.5) is 4.48 Å². The van der Waals surface area contributed by atoms with Crippen LogP contribution in [0.15, 0.2) is 30.3 Å². The molecule has 1 fully saturated rings. The summed E-state index contributed by atoms with van der Waals surface area (Å²) in [6, 6.07) is 9.10. The molecule has 0 aromatic heterocycles. The summed E-state index contributed by atoms with van der Waals surface area (Å²) in [4.78, 5) is 13.6. The van der Waals surface area contributed by atoms with Crippen molar-refractivity contribution in [3.63, 3.8) is 0 Å². The first-order valence-electron chi connectivity index (χ1n) is 5.02. The van der Waals surface area contributed by atoms with Crippen molar-refractivity contribution in [1.29, 1.82) is 0 Å². The van der Waals surface area contributed by atoms with E-state index in [9.17, 15) is 9.28 Å². The van der Waals surface area contributed by atoms with Crippen LogP contribution in [0.5, 0.6) is 0 Å². The molecule has 0 bridgehead atoms. The van der Waals surface area contributed by atoms with Crippen LogP contribution in [0.1, 0.15) is 10.4 Å². The molecule has 1 aromatic carbocycles. The van der Waals surface area contributed by atoms with E-state index in [1.165, 1.54) is 0 Å². The molecule has 1 aliphatic heterocycles. The SMILES string of the molecule is O=C(c1ccccc1)N1CCN(F)CC1. The second kappa shape index (κ2) is 4.40. The molecular formula is C11H13FN2O. The molecule has 3 nitrogen and oxygen atoms in total. The molecule has 1 saturated heterocycles.